The molecule has 8 heteroatoms. The van der Waals surface area contributed by atoms with Gasteiger partial charge in [-0.3, -0.25) is 0 Å². The van der Waals surface area contributed by atoms with Gasteiger partial charge in [-0.25, -0.2) is 18.4 Å². The largest absolute Gasteiger partial charge is 0.420 e. The number of carbonyl (C=O) groups is 2. The molecule has 0 N–H and O–H groups in total. The average molecular weight is 575 g/mol. The summed E-state index contributed by atoms with van der Waals surface area (Å²) in [6, 6.07) is 19.0. The van der Waals surface area contributed by atoms with Gasteiger partial charge in [0.05, 0.1) is 0 Å². The Hall–Kier alpha value is -4.98. The van der Waals surface area contributed by atoms with Crippen molar-refractivity contribution >= 4 is 11.9 Å². The summed E-state index contributed by atoms with van der Waals surface area (Å²) in [4.78, 5) is 23.3. The van der Waals surface area contributed by atoms with E-state index in [4.69, 9.17) is 9.47 Å². The molecule has 4 rings (SSSR count). The lowest BCUT2D eigenvalue weighted by Gasteiger charge is -2.11. The van der Waals surface area contributed by atoms with Gasteiger partial charge in [-0.05, 0) is 73.2 Å². The van der Waals surface area contributed by atoms with Crippen molar-refractivity contribution in [3.05, 3.63) is 131 Å². The molecule has 4 aromatic carbocycles. The van der Waals surface area contributed by atoms with Crippen LogP contribution < -0.4 is 9.47 Å². The van der Waals surface area contributed by atoms with E-state index in [9.17, 15) is 27.2 Å². The van der Waals surface area contributed by atoms with Gasteiger partial charge in [0.25, 0.3) is 0 Å². The molecule has 0 aliphatic carbocycles. The highest BCUT2D eigenvalue weighted by atomic mass is 19.2. The molecule has 0 aliphatic heterocycles. The van der Waals surface area contributed by atoms with Gasteiger partial charge in [-0.15, -0.1) is 0 Å². The first-order valence-electron chi connectivity index (χ1n) is 12.9. The molecule has 0 bridgehead atoms. The van der Waals surface area contributed by atoms with E-state index in [0.717, 1.165) is 11.1 Å². The monoisotopic (exact) mass is 574 g/mol. The maximum atomic E-state index is 14.7. The first kappa shape index (κ1) is 30.0. The normalized spacial score (nSPS) is 10.7. The number of hydrogen-bond acceptors (Lipinski definition) is 4. The van der Waals surface area contributed by atoms with E-state index in [0.29, 0.717) is 24.0 Å². The van der Waals surface area contributed by atoms with Crippen molar-refractivity contribution in [2.75, 3.05) is 0 Å². The number of benzene rings is 4. The van der Waals surface area contributed by atoms with Crippen LogP contribution in [0.4, 0.5) is 17.6 Å². The Morgan fingerprint density at radius 3 is 1.19 bits per heavy atom. The molecular formula is C34H26F4O4. The Bertz CT molecular complexity index is 1560. The Morgan fingerprint density at radius 1 is 0.548 bits per heavy atom. The molecule has 0 amide bonds. The van der Waals surface area contributed by atoms with Crippen LogP contribution in [0.25, 0.3) is 22.3 Å². The van der Waals surface area contributed by atoms with Crippen LogP contribution in [0.3, 0.4) is 0 Å². The van der Waals surface area contributed by atoms with Crippen molar-refractivity contribution in [1.82, 2.24) is 0 Å². The number of hydrogen-bond donors (Lipinski definition) is 0. The molecule has 0 radical (unpaired) electrons. The Kier molecular flexibility index (Phi) is 9.06. The molecule has 0 atom stereocenters. The average Bonchev–Trinajstić information content (AvgIpc) is 2.97. The number of aryl methyl sites for hydroxylation is 2. The van der Waals surface area contributed by atoms with Gasteiger partial charge in [0.2, 0.25) is 11.6 Å². The first-order valence-corrected chi connectivity index (χ1v) is 12.9. The Labute approximate surface area is 240 Å². The summed E-state index contributed by atoms with van der Waals surface area (Å²) in [5.74, 6) is -7.51. The van der Waals surface area contributed by atoms with Gasteiger partial charge < -0.3 is 9.47 Å². The molecule has 0 aromatic heterocycles. The van der Waals surface area contributed by atoms with Crippen LogP contribution in [0.15, 0.2) is 97.1 Å². The van der Waals surface area contributed by atoms with Crippen molar-refractivity contribution < 1.29 is 36.6 Å². The van der Waals surface area contributed by atoms with Crippen molar-refractivity contribution in [3.63, 3.8) is 0 Å². The molecule has 0 saturated carbocycles. The van der Waals surface area contributed by atoms with Crippen LogP contribution in [-0.4, -0.2) is 11.9 Å². The van der Waals surface area contributed by atoms with Crippen LogP contribution in [-0.2, 0) is 22.4 Å². The van der Waals surface area contributed by atoms with Crippen LogP contribution in [0.5, 0.6) is 11.5 Å². The highest BCUT2D eigenvalue weighted by molar-refractivity contribution is 5.89. The molecule has 4 nitrogen and oxygen atoms in total. The topological polar surface area (TPSA) is 52.6 Å². The van der Waals surface area contributed by atoms with Gasteiger partial charge in [0, 0.05) is 22.3 Å². The minimum atomic E-state index is -1.26. The zero-order valence-corrected chi connectivity index (χ0v) is 22.9. The fourth-order valence-corrected chi connectivity index (χ4v) is 4.03. The predicted octanol–water partition coefficient (Wildman–Crippen LogP) is 8.33. The fourth-order valence-electron chi connectivity index (χ4n) is 4.03. The Morgan fingerprint density at radius 2 is 0.881 bits per heavy atom. The van der Waals surface area contributed by atoms with E-state index in [1.165, 1.54) is 38.1 Å². The van der Waals surface area contributed by atoms with Crippen molar-refractivity contribution in [2.24, 2.45) is 0 Å². The standard InChI is InChI=1S/C34H26F4O4/c1-19(2)33(39)41-27-17-15-25(29(35)31(27)37)23-11-7-21(8-12-23)5-6-22-9-13-24(14-10-22)26-16-18-28(32(38)30(26)36)42-34(40)20(3)4/h7-18H,1,3,5-6H2,2,4H3. The van der Waals surface area contributed by atoms with Gasteiger partial charge in [-0.1, -0.05) is 61.7 Å². The smallest absolute Gasteiger partial charge is 0.338 e. The highest BCUT2D eigenvalue weighted by Crippen LogP contribution is 2.32. The fraction of sp³-hybridized carbons (Fsp3) is 0.118. The van der Waals surface area contributed by atoms with Crippen molar-refractivity contribution in [3.8, 4) is 33.8 Å². The zero-order valence-electron chi connectivity index (χ0n) is 22.9. The van der Waals surface area contributed by atoms with Gasteiger partial charge in [0.15, 0.2) is 23.1 Å². The van der Waals surface area contributed by atoms with E-state index in [1.807, 2.05) is 0 Å². The molecule has 0 saturated heterocycles. The van der Waals surface area contributed by atoms with E-state index in [-0.39, 0.29) is 22.3 Å². The van der Waals surface area contributed by atoms with Gasteiger partial charge in [0.1, 0.15) is 0 Å². The lowest BCUT2D eigenvalue weighted by molar-refractivity contribution is -0.131. The second kappa shape index (κ2) is 12.7. The molecule has 0 heterocycles. The number of esters is 2. The second-order valence-corrected chi connectivity index (χ2v) is 9.71. The van der Waals surface area contributed by atoms with Gasteiger partial charge in [-0.2, -0.15) is 8.78 Å². The minimum absolute atomic E-state index is 0.0236. The number of ether oxygens (including phenoxy) is 2. The molecule has 214 valence electrons. The summed E-state index contributed by atoms with van der Waals surface area (Å²) in [6.45, 7) is 9.64. The van der Waals surface area contributed by atoms with E-state index in [2.05, 4.69) is 13.2 Å². The lowest BCUT2D eigenvalue weighted by Crippen LogP contribution is -2.10. The zero-order chi connectivity index (χ0) is 30.6. The summed E-state index contributed by atoms with van der Waals surface area (Å²) < 4.78 is 68.1. The van der Waals surface area contributed by atoms with Crippen LogP contribution in [0.1, 0.15) is 25.0 Å². The molecule has 0 aliphatic rings. The summed E-state index contributed by atoms with van der Waals surface area (Å²) in [5.41, 5.74) is 2.96. The van der Waals surface area contributed by atoms with E-state index in [1.54, 1.807) is 48.5 Å². The second-order valence-electron chi connectivity index (χ2n) is 9.71. The summed E-state index contributed by atoms with van der Waals surface area (Å²) in [6.07, 6.45) is 1.27. The summed E-state index contributed by atoms with van der Waals surface area (Å²) in [7, 11) is 0. The van der Waals surface area contributed by atoms with E-state index >= 15 is 0 Å². The molecule has 0 unspecified atom stereocenters. The Balaban J connectivity index is 1.41. The first-order chi connectivity index (χ1) is 20.0. The van der Waals surface area contributed by atoms with Crippen LogP contribution in [0.2, 0.25) is 0 Å². The van der Waals surface area contributed by atoms with Crippen LogP contribution >= 0.6 is 0 Å². The molecule has 4 aromatic rings. The number of carbonyl (C=O) groups excluding carboxylic acids is 2. The highest BCUT2D eigenvalue weighted by Gasteiger charge is 2.20. The minimum Gasteiger partial charge on any atom is -0.420 e. The lowest BCUT2D eigenvalue weighted by atomic mass is 9.98. The summed E-state index contributed by atoms with van der Waals surface area (Å²) >= 11 is 0. The molecule has 42 heavy (non-hydrogen) atoms. The van der Waals surface area contributed by atoms with Crippen molar-refractivity contribution in [2.45, 2.75) is 26.7 Å². The maximum absolute atomic E-state index is 14.7. The van der Waals surface area contributed by atoms with Crippen molar-refractivity contribution in [1.29, 1.82) is 0 Å². The SMILES string of the molecule is C=C(C)C(=O)Oc1ccc(-c2ccc(CCc3ccc(-c4ccc(OC(=O)C(=C)C)c(F)c4F)cc3)cc2)c(F)c1F. The number of halogens is 4. The third-order valence-corrected chi connectivity index (χ3v) is 6.43. The predicted molar refractivity (Wildman–Crippen MR) is 152 cm³/mol. The van der Waals surface area contributed by atoms with Gasteiger partial charge >= 0.3 is 11.9 Å². The molecular weight excluding hydrogens is 548 g/mol. The third-order valence-electron chi connectivity index (χ3n) is 6.43. The third kappa shape index (κ3) is 6.66. The summed E-state index contributed by atoms with van der Waals surface area (Å²) in [5, 5.41) is 0. The van der Waals surface area contributed by atoms with E-state index < -0.39 is 46.7 Å². The maximum Gasteiger partial charge on any atom is 0.338 e. The molecule has 0 spiro atoms. The number of rotatable bonds is 9. The molecule has 0 fully saturated rings. The van der Waals surface area contributed by atoms with Crippen LogP contribution in [0, 0.1) is 23.3 Å². The quantitative estimate of drug-likeness (QED) is 0.0873.